The fourth-order valence-electron chi connectivity index (χ4n) is 0.462. The second-order valence-electron chi connectivity index (χ2n) is 1.88. The SMILES string of the molecule is CCCCC(=O)NC.O=CO. The van der Waals surface area contributed by atoms with Crippen molar-refractivity contribution in [2.75, 3.05) is 7.05 Å². The van der Waals surface area contributed by atoms with E-state index in [9.17, 15) is 4.79 Å². The number of carboxylic acid groups (broad SMARTS) is 1. The van der Waals surface area contributed by atoms with E-state index in [4.69, 9.17) is 9.90 Å². The highest BCUT2D eigenvalue weighted by molar-refractivity contribution is 5.75. The summed E-state index contributed by atoms with van der Waals surface area (Å²) in [6, 6.07) is 0. The fourth-order valence-corrected chi connectivity index (χ4v) is 0.462. The van der Waals surface area contributed by atoms with Crippen molar-refractivity contribution in [1.29, 1.82) is 0 Å². The van der Waals surface area contributed by atoms with Gasteiger partial charge in [-0.2, -0.15) is 0 Å². The molecular formula is C7H15NO3. The van der Waals surface area contributed by atoms with Gasteiger partial charge in [0.2, 0.25) is 5.91 Å². The van der Waals surface area contributed by atoms with Crippen molar-refractivity contribution in [3.05, 3.63) is 0 Å². The van der Waals surface area contributed by atoms with Gasteiger partial charge in [0.15, 0.2) is 0 Å². The van der Waals surface area contributed by atoms with Crippen LogP contribution in [0, 0.1) is 0 Å². The van der Waals surface area contributed by atoms with Gasteiger partial charge in [-0.3, -0.25) is 9.59 Å². The summed E-state index contributed by atoms with van der Waals surface area (Å²) in [5.74, 6) is 0.145. The molecule has 0 aromatic rings. The van der Waals surface area contributed by atoms with E-state index in [1.54, 1.807) is 7.05 Å². The Kier molecular flexibility index (Phi) is 13.4. The summed E-state index contributed by atoms with van der Waals surface area (Å²) in [7, 11) is 1.66. The fraction of sp³-hybridized carbons (Fsp3) is 0.714. The molecule has 0 aliphatic carbocycles. The first-order chi connectivity index (χ1) is 5.22. The van der Waals surface area contributed by atoms with Gasteiger partial charge < -0.3 is 10.4 Å². The highest BCUT2D eigenvalue weighted by Crippen LogP contribution is 1.91. The maximum absolute atomic E-state index is 10.5. The Bertz CT molecular complexity index is 104. The lowest BCUT2D eigenvalue weighted by Crippen LogP contribution is -2.16. The molecule has 4 nitrogen and oxygen atoms in total. The number of hydrogen-bond acceptors (Lipinski definition) is 2. The highest BCUT2D eigenvalue weighted by Gasteiger charge is 1.92. The third-order valence-corrected chi connectivity index (χ3v) is 1.04. The topological polar surface area (TPSA) is 66.4 Å². The Hall–Kier alpha value is -1.06. The summed E-state index contributed by atoms with van der Waals surface area (Å²) in [4.78, 5) is 18.8. The van der Waals surface area contributed by atoms with E-state index < -0.39 is 0 Å². The van der Waals surface area contributed by atoms with Crippen molar-refractivity contribution >= 4 is 12.4 Å². The van der Waals surface area contributed by atoms with Gasteiger partial charge in [0.05, 0.1) is 0 Å². The van der Waals surface area contributed by atoms with E-state index in [1.165, 1.54) is 0 Å². The zero-order valence-electron chi connectivity index (χ0n) is 6.96. The van der Waals surface area contributed by atoms with E-state index in [-0.39, 0.29) is 12.4 Å². The van der Waals surface area contributed by atoms with Gasteiger partial charge in [-0.25, -0.2) is 0 Å². The number of carbonyl (C=O) groups is 2. The molecule has 0 heterocycles. The molecule has 1 amide bonds. The quantitative estimate of drug-likeness (QED) is 0.596. The maximum atomic E-state index is 10.5. The average molecular weight is 161 g/mol. The van der Waals surface area contributed by atoms with Crippen LogP contribution in [0.3, 0.4) is 0 Å². The summed E-state index contributed by atoms with van der Waals surface area (Å²) < 4.78 is 0. The molecule has 0 aliphatic rings. The van der Waals surface area contributed by atoms with Crippen LogP contribution in [0.4, 0.5) is 0 Å². The van der Waals surface area contributed by atoms with E-state index in [0.29, 0.717) is 6.42 Å². The molecule has 0 aliphatic heterocycles. The van der Waals surface area contributed by atoms with Gasteiger partial charge in [0.25, 0.3) is 6.47 Å². The van der Waals surface area contributed by atoms with Crippen LogP contribution in [0.1, 0.15) is 26.2 Å². The highest BCUT2D eigenvalue weighted by atomic mass is 16.3. The van der Waals surface area contributed by atoms with Crippen molar-refractivity contribution < 1.29 is 14.7 Å². The number of nitrogens with one attached hydrogen (secondary N) is 1. The van der Waals surface area contributed by atoms with Gasteiger partial charge in [-0.15, -0.1) is 0 Å². The van der Waals surface area contributed by atoms with Gasteiger partial charge in [0, 0.05) is 13.5 Å². The van der Waals surface area contributed by atoms with E-state index >= 15 is 0 Å². The monoisotopic (exact) mass is 161 g/mol. The Labute approximate surface area is 66.6 Å². The van der Waals surface area contributed by atoms with Crippen molar-refractivity contribution in [2.24, 2.45) is 0 Å². The molecule has 0 aromatic carbocycles. The van der Waals surface area contributed by atoms with Crippen molar-refractivity contribution in [2.45, 2.75) is 26.2 Å². The third kappa shape index (κ3) is 17.6. The minimum atomic E-state index is -0.250. The van der Waals surface area contributed by atoms with Crippen LogP contribution in [0.5, 0.6) is 0 Å². The molecular weight excluding hydrogens is 146 g/mol. The molecule has 0 fully saturated rings. The number of amides is 1. The summed E-state index contributed by atoms with van der Waals surface area (Å²) >= 11 is 0. The summed E-state index contributed by atoms with van der Waals surface area (Å²) in [5.41, 5.74) is 0. The normalized spacial score (nSPS) is 7.45. The van der Waals surface area contributed by atoms with Crippen LogP contribution in [0.2, 0.25) is 0 Å². The molecule has 11 heavy (non-hydrogen) atoms. The molecule has 0 rings (SSSR count). The second-order valence-corrected chi connectivity index (χ2v) is 1.88. The molecule has 0 saturated heterocycles. The minimum absolute atomic E-state index is 0.145. The molecule has 4 heteroatoms. The van der Waals surface area contributed by atoms with Crippen molar-refractivity contribution in [3.63, 3.8) is 0 Å². The van der Waals surface area contributed by atoms with Crippen LogP contribution >= 0.6 is 0 Å². The maximum Gasteiger partial charge on any atom is 0.290 e. The standard InChI is InChI=1S/C6H13NO.CH2O2/c1-3-4-5-6(8)7-2;2-1-3/h3-5H2,1-2H3,(H,7,8);1H,(H,2,3). The predicted octanol–water partition coefficient (Wildman–Crippen LogP) is 0.623. The molecule has 0 saturated carbocycles. The summed E-state index contributed by atoms with van der Waals surface area (Å²) in [5, 5.41) is 9.45. The average Bonchev–Trinajstić information content (AvgIpc) is 2.02. The van der Waals surface area contributed by atoms with E-state index in [2.05, 4.69) is 12.2 Å². The van der Waals surface area contributed by atoms with Crippen LogP contribution in [-0.2, 0) is 9.59 Å². The lowest BCUT2D eigenvalue weighted by atomic mass is 10.2. The smallest absolute Gasteiger partial charge is 0.290 e. The Morgan fingerprint density at radius 1 is 1.64 bits per heavy atom. The molecule has 66 valence electrons. The van der Waals surface area contributed by atoms with Gasteiger partial charge in [-0.1, -0.05) is 13.3 Å². The van der Waals surface area contributed by atoms with Crippen LogP contribution in [0.15, 0.2) is 0 Å². The molecule has 0 bridgehead atoms. The largest absolute Gasteiger partial charge is 0.483 e. The Morgan fingerprint density at radius 3 is 2.36 bits per heavy atom. The zero-order chi connectivity index (χ0) is 9.11. The third-order valence-electron chi connectivity index (χ3n) is 1.04. The van der Waals surface area contributed by atoms with Crippen molar-refractivity contribution in [3.8, 4) is 0 Å². The second kappa shape index (κ2) is 11.7. The molecule has 0 aromatic heterocycles. The lowest BCUT2D eigenvalue weighted by molar-refractivity contribution is -0.123. The molecule has 0 atom stereocenters. The number of unbranched alkanes of at least 4 members (excludes halogenated alkanes) is 1. The molecule has 2 N–H and O–H groups in total. The molecule has 0 radical (unpaired) electrons. The molecule has 0 spiro atoms. The minimum Gasteiger partial charge on any atom is -0.483 e. The first-order valence-corrected chi connectivity index (χ1v) is 3.51. The number of carbonyl (C=O) groups excluding carboxylic acids is 1. The van der Waals surface area contributed by atoms with Crippen LogP contribution in [0.25, 0.3) is 0 Å². The number of hydrogen-bond donors (Lipinski definition) is 2. The van der Waals surface area contributed by atoms with Gasteiger partial charge in [0.1, 0.15) is 0 Å². The lowest BCUT2D eigenvalue weighted by Gasteiger charge is -1.94. The van der Waals surface area contributed by atoms with Crippen LogP contribution < -0.4 is 5.32 Å². The molecule has 0 unspecified atom stereocenters. The first kappa shape index (κ1) is 12.6. The first-order valence-electron chi connectivity index (χ1n) is 3.51. The predicted molar refractivity (Wildman–Crippen MR) is 42.3 cm³/mol. The summed E-state index contributed by atoms with van der Waals surface area (Å²) in [6.07, 6.45) is 2.76. The summed E-state index contributed by atoms with van der Waals surface area (Å²) in [6.45, 7) is 1.82. The van der Waals surface area contributed by atoms with Crippen LogP contribution in [-0.4, -0.2) is 24.5 Å². The van der Waals surface area contributed by atoms with Gasteiger partial charge >= 0.3 is 0 Å². The van der Waals surface area contributed by atoms with E-state index in [0.717, 1.165) is 12.8 Å². The Morgan fingerprint density at radius 2 is 2.09 bits per heavy atom. The Balaban J connectivity index is 0. The zero-order valence-corrected chi connectivity index (χ0v) is 6.96. The number of rotatable bonds is 3. The van der Waals surface area contributed by atoms with E-state index in [1.807, 2.05) is 0 Å². The van der Waals surface area contributed by atoms with Gasteiger partial charge in [-0.05, 0) is 6.42 Å². The van der Waals surface area contributed by atoms with Crippen molar-refractivity contribution in [1.82, 2.24) is 5.32 Å².